The molecule has 2 heterocycles. The maximum absolute atomic E-state index is 13.5. The molecule has 0 saturated carbocycles. The van der Waals surface area contributed by atoms with Crippen molar-refractivity contribution < 1.29 is 23.7 Å². The first-order valence-electron chi connectivity index (χ1n) is 6.87. The summed E-state index contributed by atoms with van der Waals surface area (Å²) in [5, 5.41) is 19.2. The predicted octanol–water partition coefficient (Wildman–Crippen LogP) is -0.566. The number of aromatic amines is 1. The number of fused-ring (bicyclic) bond motifs is 1. The summed E-state index contributed by atoms with van der Waals surface area (Å²) < 4.78 is 32.8. The van der Waals surface area contributed by atoms with E-state index in [-0.39, 0.29) is 17.1 Å². The number of imidazole rings is 1. The van der Waals surface area contributed by atoms with Crippen LogP contribution in [-0.2, 0) is 4.74 Å². The van der Waals surface area contributed by atoms with Crippen LogP contribution in [0, 0.1) is 0 Å². The Balaban J connectivity index is 2.49. The number of alkyl halides is 2. The Morgan fingerprint density at radius 1 is 1.54 bits per heavy atom. The second-order valence-electron chi connectivity index (χ2n) is 4.99. The van der Waals surface area contributed by atoms with E-state index in [0.29, 0.717) is 0 Å². The molecule has 9 nitrogen and oxygen atoms in total. The maximum Gasteiger partial charge on any atom is 0.280 e. The van der Waals surface area contributed by atoms with Crippen molar-refractivity contribution >= 4 is 17.1 Å². The quantitative estimate of drug-likeness (QED) is 0.470. The molecule has 0 fully saturated rings. The minimum atomic E-state index is -1.95. The van der Waals surface area contributed by atoms with Gasteiger partial charge in [0.25, 0.3) is 5.56 Å². The molecule has 0 unspecified atom stereocenters. The van der Waals surface area contributed by atoms with E-state index in [1.165, 1.54) is 0 Å². The molecule has 2 aromatic heterocycles. The highest BCUT2D eigenvalue weighted by Gasteiger charge is 2.39. The lowest BCUT2D eigenvalue weighted by atomic mass is 9.98. The molecule has 2 aromatic rings. The average Bonchev–Trinajstić information content (AvgIpc) is 3.00. The molecule has 2 rings (SSSR count). The van der Waals surface area contributed by atoms with Crippen LogP contribution in [0.5, 0.6) is 0 Å². The fraction of sp³-hybridized carbons (Fsp3) is 0.462. The van der Waals surface area contributed by atoms with Crippen LogP contribution >= 0.6 is 0 Å². The number of nitrogen functional groups attached to an aromatic ring is 1. The van der Waals surface area contributed by atoms with Crippen molar-refractivity contribution in [3.05, 3.63) is 29.3 Å². The first kappa shape index (κ1) is 18.0. The van der Waals surface area contributed by atoms with Crippen molar-refractivity contribution in [1.82, 2.24) is 19.5 Å². The van der Waals surface area contributed by atoms with Crippen LogP contribution in [0.3, 0.4) is 0 Å². The minimum Gasteiger partial charge on any atom is -0.393 e. The molecule has 0 spiro atoms. The van der Waals surface area contributed by atoms with Gasteiger partial charge in [-0.25, -0.2) is 13.8 Å². The van der Waals surface area contributed by atoms with E-state index in [9.17, 15) is 23.8 Å². The van der Waals surface area contributed by atoms with Gasteiger partial charge in [-0.2, -0.15) is 4.98 Å². The number of aliphatic hydroxyl groups excluding tert-OH is 2. The number of hydrogen-bond acceptors (Lipinski definition) is 7. The molecule has 11 heteroatoms. The third-order valence-electron chi connectivity index (χ3n) is 3.55. The second-order valence-corrected chi connectivity index (χ2v) is 4.99. The van der Waals surface area contributed by atoms with Gasteiger partial charge in [0.05, 0.1) is 12.9 Å². The van der Waals surface area contributed by atoms with Crippen LogP contribution in [0.2, 0.25) is 0 Å². The number of hydrogen-bond donors (Lipinski definition) is 4. The van der Waals surface area contributed by atoms with Crippen molar-refractivity contribution in [2.24, 2.45) is 0 Å². The third kappa shape index (κ3) is 3.00. The molecule has 132 valence electrons. The summed E-state index contributed by atoms with van der Waals surface area (Å²) in [6.07, 6.45) is -1.17. The van der Waals surface area contributed by atoms with E-state index < -0.39 is 43.4 Å². The number of halogens is 2. The van der Waals surface area contributed by atoms with Crippen LogP contribution in [0.1, 0.15) is 6.23 Å². The predicted molar refractivity (Wildman–Crippen MR) is 80.7 cm³/mol. The standard InChI is InChI=1S/C13H17F2N5O4/c1-2-13(5-21,7(22)3-14)24-8(4-15)20-6-17-9-10(20)18-12(16)19-11(9)23/h2,6-8,21-22H,1,3-5H2,(H3,16,18,19,23)/t7-,8+,13+/m0/s1. The monoisotopic (exact) mass is 345 g/mol. The van der Waals surface area contributed by atoms with Gasteiger partial charge < -0.3 is 20.7 Å². The lowest BCUT2D eigenvalue weighted by Gasteiger charge is -2.35. The van der Waals surface area contributed by atoms with E-state index in [1.54, 1.807) is 0 Å². The molecule has 0 bridgehead atoms. The summed E-state index contributed by atoms with van der Waals surface area (Å²) in [4.78, 5) is 21.6. The zero-order valence-corrected chi connectivity index (χ0v) is 12.5. The number of ether oxygens (including phenoxy) is 1. The van der Waals surface area contributed by atoms with Crippen molar-refractivity contribution in [3.8, 4) is 0 Å². The van der Waals surface area contributed by atoms with Gasteiger partial charge in [0.2, 0.25) is 5.95 Å². The van der Waals surface area contributed by atoms with Gasteiger partial charge in [-0.1, -0.05) is 6.08 Å². The van der Waals surface area contributed by atoms with E-state index >= 15 is 0 Å². The summed E-state index contributed by atoms with van der Waals surface area (Å²) in [7, 11) is 0. The van der Waals surface area contributed by atoms with Gasteiger partial charge in [0, 0.05) is 0 Å². The Morgan fingerprint density at radius 2 is 2.25 bits per heavy atom. The lowest BCUT2D eigenvalue weighted by molar-refractivity contribution is -0.176. The maximum atomic E-state index is 13.5. The topological polar surface area (TPSA) is 139 Å². The molecular weight excluding hydrogens is 328 g/mol. The summed E-state index contributed by atoms with van der Waals surface area (Å²) in [6, 6.07) is 0. The molecule has 0 aliphatic heterocycles. The average molecular weight is 345 g/mol. The van der Waals surface area contributed by atoms with Gasteiger partial charge in [-0.15, -0.1) is 6.58 Å². The summed E-state index contributed by atoms with van der Waals surface area (Å²) in [6.45, 7) is 0.143. The van der Waals surface area contributed by atoms with Crippen LogP contribution in [-0.4, -0.2) is 61.4 Å². The highest BCUT2D eigenvalue weighted by Crippen LogP contribution is 2.27. The highest BCUT2D eigenvalue weighted by molar-refractivity contribution is 5.70. The largest absolute Gasteiger partial charge is 0.393 e. The number of rotatable bonds is 8. The molecule has 0 aromatic carbocycles. The van der Waals surface area contributed by atoms with Crippen LogP contribution in [0.15, 0.2) is 23.8 Å². The number of anilines is 1. The van der Waals surface area contributed by atoms with Crippen LogP contribution in [0.25, 0.3) is 11.2 Å². The van der Waals surface area contributed by atoms with Gasteiger partial charge in [0.1, 0.15) is 25.1 Å². The smallest absolute Gasteiger partial charge is 0.280 e. The number of nitrogens with two attached hydrogens (primary N) is 1. The van der Waals surface area contributed by atoms with Crippen LogP contribution in [0.4, 0.5) is 14.7 Å². The fourth-order valence-corrected chi connectivity index (χ4v) is 2.17. The Morgan fingerprint density at radius 3 is 2.79 bits per heavy atom. The van der Waals surface area contributed by atoms with Gasteiger partial charge >= 0.3 is 0 Å². The van der Waals surface area contributed by atoms with E-state index in [2.05, 4.69) is 21.5 Å². The zero-order valence-electron chi connectivity index (χ0n) is 12.5. The normalized spacial score (nSPS) is 16.7. The van der Waals surface area contributed by atoms with Crippen molar-refractivity contribution in [2.45, 2.75) is 17.9 Å². The first-order chi connectivity index (χ1) is 11.4. The number of aliphatic hydroxyl groups is 2. The molecule has 24 heavy (non-hydrogen) atoms. The molecule has 0 amide bonds. The van der Waals surface area contributed by atoms with Crippen molar-refractivity contribution in [2.75, 3.05) is 25.7 Å². The summed E-state index contributed by atoms with van der Waals surface area (Å²) in [5.74, 6) is -0.215. The molecule has 0 radical (unpaired) electrons. The third-order valence-corrected chi connectivity index (χ3v) is 3.55. The van der Waals surface area contributed by atoms with Gasteiger partial charge in [-0.05, 0) is 0 Å². The van der Waals surface area contributed by atoms with E-state index in [0.717, 1.165) is 17.0 Å². The highest BCUT2D eigenvalue weighted by atomic mass is 19.1. The minimum absolute atomic E-state index is 0.0652. The number of nitrogens with zero attached hydrogens (tertiary/aromatic N) is 3. The van der Waals surface area contributed by atoms with Gasteiger partial charge in [0.15, 0.2) is 17.4 Å². The molecule has 0 saturated heterocycles. The zero-order chi connectivity index (χ0) is 17.9. The Hall–Kier alpha value is -2.37. The molecular formula is C13H17F2N5O4. The van der Waals surface area contributed by atoms with Gasteiger partial charge in [-0.3, -0.25) is 14.3 Å². The molecule has 0 aliphatic carbocycles. The number of nitrogens with one attached hydrogen (secondary N) is 1. The van der Waals surface area contributed by atoms with E-state index in [4.69, 9.17) is 10.5 Å². The van der Waals surface area contributed by atoms with Crippen LogP contribution < -0.4 is 11.3 Å². The fourth-order valence-electron chi connectivity index (χ4n) is 2.17. The second kappa shape index (κ2) is 7.03. The lowest BCUT2D eigenvalue weighted by Crippen LogP contribution is -2.49. The molecule has 0 aliphatic rings. The Bertz CT molecular complexity index is 779. The molecule has 3 atom stereocenters. The number of H-pyrrole nitrogens is 1. The Labute approximate surface area is 134 Å². The SMILES string of the molecule is C=C[C@](CO)(O[C@H](CF)n1cnc2c(=O)[nH]c(N)nc21)[C@@H](O)CF. The summed E-state index contributed by atoms with van der Waals surface area (Å²) >= 11 is 0. The van der Waals surface area contributed by atoms with Crippen molar-refractivity contribution in [1.29, 1.82) is 0 Å². The number of aromatic nitrogens is 4. The molecule has 5 N–H and O–H groups in total. The van der Waals surface area contributed by atoms with Crippen molar-refractivity contribution in [3.63, 3.8) is 0 Å². The summed E-state index contributed by atoms with van der Waals surface area (Å²) in [5.41, 5.74) is 2.70. The van der Waals surface area contributed by atoms with E-state index in [1.807, 2.05) is 0 Å². The Kier molecular flexibility index (Phi) is 5.26. The first-order valence-corrected chi connectivity index (χ1v) is 6.87.